The molecular formula is C18H19N5O4. The minimum atomic E-state index is -0.624. The molecule has 27 heavy (non-hydrogen) atoms. The molecule has 0 N–H and O–H groups in total. The van der Waals surface area contributed by atoms with E-state index in [4.69, 9.17) is 4.74 Å². The summed E-state index contributed by atoms with van der Waals surface area (Å²) in [5.41, 5.74) is 1.86. The third kappa shape index (κ3) is 4.78. The SMILES string of the molecule is COC(=O)Cn1cc(C(C)OC(=O)c2cnn(Cc3ccccc3)c2)nn1. The summed E-state index contributed by atoms with van der Waals surface area (Å²) in [5.74, 6) is -0.953. The van der Waals surface area contributed by atoms with Crippen LogP contribution < -0.4 is 0 Å². The number of hydrogen-bond donors (Lipinski definition) is 0. The van der Waals surface area contributed by atoms with Gasteiger partial charge in [0.1, 0.15) is 18.3 Å². The van der Waals surface area contributed by atoms with Crippen LogP contribution in [0.15, 0.2) is 48.9 Å². The van der Waals surface area contributed by atoms with Crippen molar-refractivity contribution in [2.24, 2.45) is 0 Å². The smallest absolute Gasteiger partial charge is 0.341 e. The van der Waals surface area contributed by atoms with E-state index in [1.807, 2.05) is 30.3 Å². The number of nitrogens with zero attached hydrogens (tertiary/aromatic N) is 5. The Labute approximate surface area is 155 Å². The van der Waals surface area contributed by atoms with Gasteiger partial charge in [0.2, 0.25) is 0 Å². The van der Waals surface area contributed by atoms with Crippen molar-refractivity contribution in [2.75, 3.05) is 7.11 Å². The number of ether oxygens (including phenoxy) is 2. The van der Waals surface area contributed by atoms with Crippen molar-refractivity contribution in [2.45, 2.75) is 26.1 Å². The lowest BCUT2D eigenvalue weighted by molar-refractivity contribution is -0.141. The van der Waals surface area contributed by atoms with Crippen LogP contribution in [0, 0.1) is 0 Å². The van der Waals surface area contributed by atoms with Crippen molar-refractivity contribution >= 4 is 11.9 Å². The molecule has 2 aromatic heterocycles. The quantitative estimate of drug-likeness (QED) is 0.583. The first kappa shape index (κ1) is 18.3. The monoisotopic (exact) mass is 369 g/mol. The molecule has 0 amide bonds. The Morgan fingerprint density at radius 3 is 2.67 bits per heavy atom. The van der Waals surface area contributed by atoms with E-state index >= 15 is 0 Å². The molecule has 0 spiro atoms. The zero-order valence-electron chi connectivity index (χ0n) is 15.0. The van der Waals surface area contributed by atoms with E-state index in [2.05, 4.69) is 20.1 Å². The highest BCUT2D eigenvalue weighted by Gasteiger charge is 2.18. The number of hydrogen-bond acceptors (Lipinski definition) is 7. The fraction of sp³-hybridized carbons (Fsp3) is 0.278. The second-order valence-corrected chi connectivity index (χ2v) is 5.88. The Balaban J connectivity index is 1.59. The standard InChI is InChI=1S/C18H19N5O4/c1-13(16-11-23(21-20-16)12-17(24)26-2)27-18(25)15-8-19-22(10-15)9-14-6-4-3-5-7-14/h3-8,10-11,13H,9,12H2,1-2H3. The van der Waals surface area contributed by atoms with E-state index in [1.165, 1.54) is 24.2 Å². The van der Waals surface area contributed by atoms with Gasteiger partial charge in [-0.2, -0.15) is 5.10 Å². The van der Waals surface area contributed by atoms with E-state index in [-0.39, 0.29) is 6.54 Å². The molecule has 9 nitrogen and oxygen atoms in total. The summed E-state index contributed by atoms with van der Waals surface area (Å²) in [6.45, 7) is 2.18. The lowest BCUT2D eigenvalue weighted by atomic mass is 10.2. The maximum absolute atomic E-state index is 12.3. The minimum Gasteiger partial charge on any atom is -0.468 e. The van der Waals surface area contributed by atoms with Crippen molar-refractivity contribution in [3.8, 4) is 0 Å². The third-order valence-electron chi connectivity index (χ3n) is 3.83. The normalized spacial score (nSPS) is 11.8. The molecule has 2 heterocycles. The average Bonchev–Trinajstić information content (AvgIpc) is 3.32. The molecule has 0 radical (unpaired) electrons. The predicted octanol–water partition coefficient (Wildman–Crippen LogP) is 1.61. The largest absolute Gasteiger partial charge is 0.468 e. The van der Waals surface area contributed by atoms with Gasteiger partial charge >= 0.3 is 11.9 Å². The Morgan fingerprint density at radius 2 is 1.93 bits per heavy atom. The first-order valence-corrected chi connectivity index (χ1v) is 8.29. The van der Waals surface area contributed by atoms with Crippen LogP contribution in [0.1, 0.15) is 34.6 Å². The maximum atomic E-state index is 12.3. The fourth-order valence-electron chi connectivity index (χ4n) is 2.39. The summed E-state index contributed by atoms with van der Waals surface area (Å²) < 4.78 is 13.0. The van der Waals surface area contributed by atoms with Gasteiger partial charge in [0.05, 0.1) is 31.6 Å². The molecule has 0 saturated heterocycles. The molecule has 0 aliphatic rings. The van der Waals surface area contributed by atoms with Gasteiger partial charge in [0, 0.05) is 6.20 Å². The zero-order chi connectivity index (χ0) is 19.2. The Hall–Kier alpha value is -3.49. The van der Waals surface area contributed by atoms with Crippen molar-refractivity contribution < 1.29 is 19.1 Å². The highest BCUT2D eigenvalue weighted by molar-refractivity contribution is 5.88. The molecule has 0 saturated carbocycles. The summed E-state index contributed by atoms with van der Waals surface area (Å²) in [7, 11) is 1.29. The van der Waals surface area contributed by atoms with Gasteiger partial charge in [-0.1, -0.05) is 35.5 Å². The van der Waals surface area contributed by atoms with E-state index < -0.39 is 18.0 Å². The van der Waals surface area contributed by atoms with Crippen LogP contribution in [0.5, 0.6) is 0 Å². The highest BCUT2D eigenvalue weighted by atomic mass is 16.5. The van der Waals surface area contributed by atoms with E-state index in [0.717, 1.165) is 5.56 Å². The van der Waals surface area contributed by atoms with E-state index in [1.54, 1.807) is 17.8 Å². The molecule has 3 rings (SSSR count). The third-order valence-corrected chi connectivity index (χ3v) is 3.83. The zero-order valence-corrected chi connectivity index (χ0v) is 15.0. The molecule has 0 aliphatic carbocycles. The summed E-state index contributed by atoms with van der Waals surface area (Å²) in [6, 6.07) is 9.81. The Morgan fingerprint density at radius 1 is 1.15 bits per heavy atom. The second kappa shape index (κ2) is 8.26. The molecule has 1 unspecified atom stereocenters. The van der Waals surface area contributed by atoms with E-state index in [9.17, 15) is 9.59 Å². The average molecular weight is 369 g/mol. The maximum Gasteiger partial charge on any atom is 0.341 e. The summed E-state index contributed by atoms with van der Waals surface area (Å²) in [6.07, 6.45) is 4.01. The number of rotatable bonds is 7. The van der Waals surface area contributed by atoms with Gasteiger partial charge in [0.15, 0.2) is 0 Å². The molecule has 0 bridgehead atoms. The van der Waals surface area contributed by atoms with Crippen molar-refractivity contribution in [1.82, 2.24) is 24.8 Å². The van der Waals surface area contributed by atoms with Crippen LogP contribution in [-0.4, -0.2) is 43.8 Å². The minimum absolute atomic E-state index is 0.0591. The van der Waals surface area contributed by atoms with Crippen molar-refractivity contribution in [3.63, 3.8) is 0 Å². The molecule has 9 heteroatoms. The highest BCUT2D eigenvalue weighted by Crippen LogP contribution is 2.16. The summed E-state index contributed by atoms with van der Waals surface area (Å²) in [4.78, 5) is 23.6. The Bertz CT molecular complexity index is 919. The van der Waals surface area contributed by atoms with Crippen LogP contribution >= 0.6 is 0 Å². The Kier molecular flexibility index (Phi) is 5.60. The van der Waals surface area contributed by atoms with Crippen LogP contribution in [0.25, 0.3) is 0 Å². The molecule has 0 fully saturated rings. The molecule has 140 valence electrons. The fourth-order valence-corrected chi connectivity index (χ4v) is 2.39. The molecule has 0 aliphatic heterocycles. The summed E-state index contributed by atoms with van der Waals surface area (Å²) >= 11 is 0. The van der Waals surface area contributed by atoms with Gasteiger partial charge in [0.25, 0.3) is 0 Å². The van der Waals surface area contributed by atoms with Crippen LogP contribution in [0.3, 0.4) is 0 Å². The predicted molar refractivity (Wildman–Crippen MR) is 93.6 cm³/mol. The van der Waals surface area contributed by atoms with Crippen molar-refractivity contribution in [1.29, 1.82) is 0 Å². The van der Waals surface area contributed by atoms with Gasteiger partial charge < -0.3 is 9.47 Å². The number of carbonyl (C=O) groups excluding carboxylic acids is 2. The number of aromatic nitrogens is 5. The molecular weight excluding hydrogens is 350 g/mol. The molecule has 3 aromatic rings. The first-order valence-electron chi connectivity index (χ1n) is 8.29. The first-order chi connectivity index (χ1) is 13.0. The van der Waals surface area contributed by atoms with Gasteiger partial charge in [-0.05, 0) is 12.5 Å². The second-order valence-electron chi connectivity index (χ2n) is 5.88. The van der Waals surface area contributed by atoms with Crippen molar-refractivity contribution in [3.05, 3.63) is 65.7 Å². The lowest BCUT2D eigenvalue weighted by Crippen LogP contribution is -2.12. The molecule has 1 aromatic carbocycles. The molecule has 1 atom stereocenters. The van der Waals surface area contributed by atoms with Gasteiger partial charge in [-0.3, -0.25) is 9.48 Å². The number of carbonyl (C=O) groups is 2. The van der Waals surface area contributed by atoms with Gasteiger partial charge in [-0.25, -0.2) is 9.48 Å². The van der Waals surface area contributed by atoms with Crippen LogP contribution in [-0.2, 0) is 27.4 Å². The number of benzene rings is 1. The number of esters is 2. The summed E-state index contributed by atoms with van der Waals surface area (Å²) in [5, 5.41) is 11.9. The topological polar surface area (TPSA) is 101 Å². The van der Waals surface area contributed by atoms with Crippen LogP contribution in [0.2, 0.25) is 0 Å². The van der Waals surface area contributed by atoms with Gasteiger partial charge in [-0.15, -0.1) is 5.10 Å². The van der Waals surface area contributed by atoms with Crippen LogP contribution in [0.4, 0.5) is 0 Å². The lowest BCUT2D eigenvalue weighted by Gasteiger charge is -2.09. The number of methoxy groups -OCH3 is 1. The van der Waals surface area contributed by atoms with E-state index in [0.29, 0.717) is 17.8 Å².